The van der Waals surface area contributed by atoms with Gasteiger partial charge in [0, 0.05) is 26.2 Å². The normalized spacial score (nSPS) is 28.5. The number of nitrogens with two attached hydrogens (primary N) is 1. The zero-order valence-electron chi connectivity index (χ0n) is 12.4. The molecule has 1 heterocycles. The zero-order valence-corrected chi connectivity index (χ0v) is 12.4. The van der Waals surface area contributed by atoms with Crippen molar-refractivity contribution >= 4 is 6.41 Å². The summed E-state index contributed by atoms with van der Waals surface area (Å²) in [4.78, 5) is 15.5. The van der Waals surface area contributed by atoms with E-state index in [0.717, 1.165) is 45.6 Å². The van der Waals surface area contributed by atoms with Gasteiger partial charge in [-0.2, -0.15) is 0 Å². The Bertz CT molecular complexity index is 376. The highest BCUT2D eigenvalue weighted by molar-refractivity contribution is 5.48. The molecule has 0 bridgehead atoms. The third-order valence-corrected chi connectivity index (χ3v) is 4.17. The highest BCUT2D eigenvalue weighted by atomic mass is 16.3. The van der Waals surface area contributed by atoms with Crippen molar-refractivity contribution in [2.45, 2.75) is 31.2 Å². The predicted molar refractivity (Wildman–Crippen MR) is 82.5 cm³/mol. The highest BCUT2D eigenvalue weighted by Crippen LogP contribution is 2.15. The van der Waals surface area contributed by atoms with Crippen LogP contribution in [0, 0.1) is 0 Å². The van der Waals surface area contributed by atoms with Gasteiger partial charge >= 0.3 is 0 Å². The van der Waals surface area contributed by atoms with Gasteiger partial charge < -0.3 is 21.1 Å². The molecule has 0 spiro atoms. The van der Waals surface area contributed by atoms with Crippen molar-refractivity contribution in [2.24, 2.45) is 5.73 Å². The molecule has 0 aromatic rings. The summed E-state index contributed by atoms with van der Waals surface area (Å²) in [6, 6.07) is 0.305. The maximum Gasteiger partial charge on any atom is 0.207 e. The third kappa shape index (κ3) is 4.93. The number of aliphatic hydroxyl groups is 1. The Kier molecular flexibility index (Phi) is 6.38. The molecule has 3 atom stereocenters. The molecule has 1 amide bonds. The lowest BCUT2D eigenvalue weighted by atomic mass is 10.0. The first-order valence-electron chi connectivity index (χ1n) is 7.65. The van der Waals surface area contributed by atoms with Crippen LogP contribution in [-0.4, -0.2) is 72.4 Å². The number of aliphatic hydroxyl groups excluding tert-OH is 1. The van der Waals surface area contributed by atoms with Crippen molar-refractivity contribution in [3.63, 3.8) is 0 Å². The molecular formula is C15H26N4O2. The first kappa shape index (κ1) is 16.2. The van der Waals surface area contributed by atoms with E-state index in [1.807, 2.05) is 18.2 Å². The largest absolute Gasteiger partial charge is 0.379 e. The van der Waals surface area contributed by atoms with E-state index in [1.165, 1.54) is 0 Å². The Hall–Kier alpha value is -1.21. The Morgan fingerprint density at radius 3 is 2.67 bits per heavy atom. The molecule has 0 aromatic carbocycles. The summed E-state index contributed by atoms with van der Waals surface area (Å²) in [5, 5.41) is 11.9. The van der Waals surface area contributed by atoms with Crippen LogP contribution < -0.4 is 11.1 Å². The Morgan fingerprint density at radius 2 is 2.00 bits per heavy atom. The van der Waals surface area contributed by atoms with E-state index in [4.69, 9.17) is 10.8 Å². The molecule has 2 rings (SSSR count). The molecule has 118 valence electrons. The topological polar surface area (TPSA) is 81.8 Å². The molecule has 4 N–H and O–H groups in total. The molecule has 21 heavy (non-hydrogen) atoms. The van der Waals surface area contributed by atoms with E-state index in [2.05, 4.69) is 21.2 Å². The number of amides is 1. The predicted octanol–water partition coefficient (Wildman–Crippen LogP) is -0.729. The van der Waals surface area contributed by atoms with Crippen molar-refractivity contribution in [1.82, 2.24) is 15.1 Å². The monoisotopic (exact) mass is 294 g/mol. The minimum atomic E-state index is -0.694. The Morgan fingerprint density at radius 1 is 1.29 bits per heavy atom. The summed E-state index contributed by atoms with van der Waals surface area (Å²) < 4.78 is 0. The number of carbonyl (C=O) groups excluding carboxylic acids is 1. The second-order valence-corrected chi connectivity index (χ2v) is 5.66. The van der Waals surface area contributed by atoms with Crippen molar-refractivity contribution < 1.29 is 9.90 Å². The fraction of sp³-hybridized carbons (Fsp3) is 0.667. The maximum absolute atomic E-state index is 10.7. The van der Waals surface area contributed by atoms with Crippen LogP contribution in [0.3, 0.4) is 0 Å². The van der Waals surface area contributed by atoms with Crippen molar-refractivity contribution in [1.29, 1.82) is 0 Å². The molecule has 6 heteroatoms. The van der Waals surface area contributed by atoms with Crippen LogP contribution >= 0.6 is 0 Å². The Labute approximate surface area is 126 Å². The number of carbonyl (C=O) groups is 1. The van der Waals surface area contributed by atoms with Gasteiger partial charge in [-0.1, -0.05) is 24.3 Å². The van der Waals surface area contributed by atoms with E-state index in [0.29, 0.717) is 6.42 Å². The van der Waals surface area contributed by atoms with Gasteiger partial charge in [0.15, 0.2) is 0 Å². The Balaban J connectivity index is 1.76. The molecule has 1 saturated heterocycles. The lowest BCUT2D eigenvalue weighted by Gasteiger charge is -2.41. The van der Waals surface area contributed by atoms with Crippen LogP contribution in [0.15, 0.2) is 24.3 Å². The van der Waals surface area contributed by atoms with E-state index in [-0.39, 0.29) is 12.1 Å². The van der Waals surface area contributed by atoms with Crippen LogP contribution in [0.4, 0.5) is 0 Å². The van der Waals surface area contributed by atoms with E-state index >= 15 is 0 Å². The van der Waals surface area contributed by atoms with Crippen LogP contribution in [0.1, 0.15) is 12.8 Å². The average molecular weight is 294 g/mol. The molecule has 0 aromatic heterocycles. The molecule has 3 unspecified atom stereocenters. The van der Waals surface area contributed by atoms with E-state index in [9.17, 15) is 4.79 Å². The van der Waals surface area contributed by atoms with Gasteiger partial charge in [-0.05, 0) is 19.4 Å². The van der Waals surface area contributed by atoms with Crippen LogP contribution in [-0.2, 0) is 4.79 Å². The minimum Gasteiger partial charge on any atom is -0.379 e. The summed E-state index contributed by atoms with van der Waals surface area (Å²) in [5.41, 5.74) is 5.35. The second kappa shape index (κ2) is 8.29. The molecule has 1 aliphatic carbocycles. The number of nitrogens with zero attached hydrogens (tertiary/aromatic N) is 2. The zero-order chi connectivity index (χ0) is 15.1. The van der Waals surface area contributed by atoms with Crippen LogP contribution in [0.25, 0.3) is 0 Å². The molecule has 6 nitrogen and oxygen atoms in total. The quantitative estimate of drug-likeness (QED) is 0.426. The number of hydrogen-bond acceptors (Lipinski definition) is 5. The van der Waals surface area contributed by atoms with E-state index < -0.39 is 6.23 Å². The number of nitrogens with one attached hydrogen (secondary N) is 1. The van der Waals surface area contributed by atoms with Crippen molar-refractivity contribution in [3.05, 3.63) is 24.3 Å². The lowest BCUT2D eigenvalue weighted by Crippen LogP contribution is -2.55. The molecule has 1 aliphatic heterocycles. The van der Waals surface area contributed by atoms with Gasteiger partial charge in [0.25, 0.3) is 0 Å². The molecule has 2 aliphatic rings. The van der Waals surface area contributed by atoms with Gasteiger partial charge in [0.1, 0.15) is 6.23 Å². The average Bonchev–Trinajstić information content (AvgIpc) is 2.49. The fourth-order valence-electron chi connectivity index (χ4n) is 2.99. The van der Waals surface area contributed by atoms with Gasteiger partial charge in [-0.3, -0.25) is 9.69 Å². The van der Waals surface area contributed by atoms with Gasteiger partial charge in [0.2, 0.25) is 6.41 Å². The molecule has 0 radical (unpaired) electrons. The molecule has 0 saturated carbocycles. The highest BCUT2D eigenvalue weighted by Gasteiger charge is 2.27. The minimum absolute atomic E-state index is 0.0615. The summed E-state index contributed by atoms with van der Waals surface area (Å²) in [6.07, 6.45) is 9.88. The van der Waals surface area contributed by atoms with Gasteiger partial charge in [-0.25, -0.2) is 0 Å². The second-order valence-electron chi connectivity index (χ2n) is 5.66. The van der Waals surface area contributed by atoms with E-state index in [1.54, 1.807) is 0 Å². The summed E-state index contributed by atoms with van der Waals surface area (Å²) >= 11 is 0. The van der Waals surface area contributed by atoms with Crippen LogP contribution in [0.5, 0.6) is 0 Å². The SMILES string of the molecule is NC(O)CCCN1CCN(C2C=CC=CC2NC=O)CC1. The summed E-state index contributed by atoms with van der Waals surface area (Å²) in [5.74, 6) is 0. The van der Waals surface area contributed by atoms with Crippen molar-refractivity contribution in [3.8, 4) is 0 Å². The molecular weight excluding hydrogens is 268 g/mol. The smallest absolute Gasteiger partial charge is 0.207 e. The number of piperazine rings is 1. The third-order valence-electron chi connectivity index (χ3n) is 4.17. The summed E-state index contributed by atoms with van der Waals surface area (Å²) in [6.45, 7) is 5.00. The standard InChI is InChI=1S/C15H26N4O2/c16-15(21)6-3-7-18-8-10-19(11-9-18)14-5-2-1-4-13(14)17-12-20/h1-2,4-5,12-15,21H,3,6-11,16H2,(H,17,20). The van der Waals surface area contributed by atoms with Crippen LogP contribution in [0.2, 0.25) is 0 Å². The van der Waals surface area contributed by atoms with Crippen molar-refractivity contribution in [2.75, 3.05) is 32.7 Å². The fourth-order valence-corrected chi connectivity index (χ4v) is 2.99. The number of rotatable bonds is 7. The molecule has 1 fully saturated rings. The summed E-state index contributed by atoms with van der Waals surface area (Å²) in [7, 11) is 0. The van der Waals surface area contributed by atoms with Gasteiger partial charge in [-0.15, -0.1) is 0 Å². The first-order chi connectivity index (χ1) is 10.2. The lowest BCUT2D eigenvalue weighted by molar-refractivity contribution is -0.110. The number of hydrogen-bond donors (Lipinski definition) is 3. The maximum atomic E-state index is 10.7. The first-order valence-corrected chi connectivity index (χ1v) is 7.65. The number of allylic oxidation sites excluding steroid dienone is 2. The van der Waals surface area contributed by atoms with Gasteiger partial charge in [0.05, 0.1) is 12.1 Å².